The van der Waals surface area contributed by atoms with E-state index in [9.17, 15) is 27.6 Å². The van der Waals surface area contributed by atoms with Gasteiger partial charge in [-0.1, -0.05) is 0 Å². The number of anilines is 2. The molecule has 4 aliphatic rings. The van der Waals surface area contributed by atoms with E-state index in [-0.39, 0.29) is 28.5 Å². The number of nitrogens with one attached hydrogen (secondary N) is 1. The van der Waals surface area contributed by atoms with Crippen LogP contribution in [0.4, 0.5) is 34.1 Å². The second kappa shape index (κ2) is 15.0. The fourth-order valence-corrected chi connectivity index (χ4v) is 8.68. The average molecular weight is 771 g/mol. The number of amides is 4. The first-order valence-corrected chi connectivity index (χ1v) is 18.5. The fourth-order valence-electron chi connectivity index (χ4n) is 7.35. The van der Waals surface area contributed by atoms with Gasteiger partial charge in [0.25, 0.3) is 5.91 Å². The smallest absolute Gasteiger partial charge is 0.418 e. The predicted octanol–water partition coefficient (Wildman–Crippen LogP) is 5.30. The third kappa shape index (κ3) is 8.29. The number of likely N-dealkylation sites (tertiary alicyclic amines) is 2. The van der Waals surface area contributed by atoms with Crippen LogP contribution in [-0.2, 0) is 28.7 Å². The second-order valence-corrected chi connectivity index (χ2v) is 15.3. The first-order valence-electron chi connectivity index (χ1n) is 16.8. The van der Waals surface area contributed by atoms with Crippen molar-refractivity contribution in [1.29, 1.82) is 0 Å². The maximum absolute atomic E-state index is 14.0. The zero-order valence-electron chi connectivity index (χ0n) is 27.5. The Morgan fingerprint density at radius 2 is 1.71 bits per heavy atom. The Labute approximate surface area is 296 Å². The van der Waals surface area contributed by atoms with Gasteiger partial charge in [0.2, 0.25) is 0 Å². The number of carbonyl (C=O) groups excluding carboxylic acids is 3. The summed E-state index contributed by atoms with van der Waals surface area (Å²) in [6, 6.07) is 4.34. The molecule has 0 aliphatic carbocycles. The Morgan fingerprint density at radius 3 is 2.43 bits per heavy atom. The number of carbonyl (C=O) groups is 3. The van der Waals surface area contributed by atoms with Crippen LogP contribution in [0.15, 0.2) is 28.1 Å². The zero-order chi connectivity index (χ0) is 34.9. The van der Waals surface area contributed by atoms with E-state index in [1.807, 2.05) is 11.4 Å². The number of urea groups is 1. The molecule has 268 valence electrons. The molecular weight excluding hydrogens is 727 g/mol. The first-order chi connectivity index (χ1) is 23.4. The topological polar surface area (TPSA) is 115 Å². The van der Waals surface area contributed by atoms with E-state index in [0.717, 1.165) is 62.1 Å². The number of alkyl halides is 3. The Morgan fingerprint density at radius 1 is 1.02 bits per heavy atom. The highest BCUT2D eigenvalue weighted by atomic mass is 79.9. The number of likely N-dealkylation sites (N-methyl/N-ethyl adjacent to an activating group) is 1. The Hall–Kier alpha value is -3.08. The lowest BCUT2D eigenvalue weighted by Gasteiger charge is -2.40. The number of ether oxygens (including phenoxy) is 1. The van der Waals surface area contributed by atoms with Gasteiger partial charge in [0.15, 0.2) is 6.10 Å². The molecule has 0 bridgehead atoms. The van der Waals surface area contributed by atoms with Gasteiger partial charge in [-0.25, -0.2) is 9.59 Å². The SMILES string of the molecule is CN1CCCN(C2CCN(C(=O)[C@@H](Cc3cc(Br)c(N)c(C(F)(F)F)c3)OC(=O)N3CCC(N4Cc5sccc5NC4=O)CC3)CC2)CC1. The lowest BCUT2D eigenvalue weighted by Crippen LogP contribution is -2.53. The monoisotopic (exact) mass is 769 g/mol. The van der Waals surface area contributed by atoms with Crippen molar-refractivity contribution in [2.45, 2.75) is 69.4 Å². The highest BCUT2D eigenvalue weighted by molar-refractivity contribution is 9.10. The molecule has 0 unspecified atom stereocenters. The number of nitrogens with two attached hydrogens (primary N) is 1. The summed E-state index contributed by atoms with van der Waals surface area (Å²) in [5.74, 6) is -0.421. The van der Waals surface area contributed by atoms with Crippen LogP contribution in [0, 0.1) is 0 Å². The van der Waals surface area contributed by atoms with Crippen LogP contribution in [0.25, 0.3) is 0 Å². The molecule has 4 amide bonds. The minimum Gasteiger partial charge on any atom is -0.436 e. The summed E-state index contributed by atoms with van der Waals surface area (Å²) in [5, 5.41) is 4.86. The van der Waals surface area contributed by atoms with E-state index in [0.29, 0.717) is 51.6 Å². The van der Waals surface area contributed by atoms with Gasteiger partial charge in [-0.3, -0.25) is 9.69 Å². The Kier molecular flexibility index (Phi) is 11.0. The predicted molar refractivity (Wildman–Crippen MR) is 184 cm³/mol. The number of nitrogens with zero attached hydrogens (tertiary/aromatic N) is 5. The van der Waals surface area contributed by atoms with Crippen molar-refractivity contribution < 1.29 is 32.3 Å². The Bertz CT molecular complexity index is 1530. The minimum atomic E-state index is -4.70. The summed E-state index contributed by atoms with van der Waals surface area (Å²) in [6.07, 6.45) is -3.28. The highest BCUT2D eigenvalue weighted by Gasteiger charge is 2.38. The number of thiophene rings is 1. The largest absolute Gasteiger partial charge is 0.436 e. The number of benzene rings is 1. The summed E-state index contributed by atoms with van der Waals surface area (Å²) in [4.78, 5) is 51.2. The molecule has 3 fully saturated rings. The van der Waals surface area contributed by atoms with Crippen molar-refractivity contribution in [2.75, 3.05) is 70.5 Å². The van der Waals surface area contributed by atoms with E-state index in [2.05, 4.69) is 38.1 Å². The van der Waals surface area contributed by atoms with Crippen LogP contribution in [0.3, 0.4) is 0 Å². The molecule has 4 aliphatic heterocycles. The summed E-state index contributed by atoms with van der Waals surface area (Å²) >= 11 is 4.71. The summed E-state index contributed by atoms with van der Waals surface area (Å²) < 4.78 is 47.4. The lowest BCUT2D eigenvalue weighted by molar-refractivity contribution is -0.142. The average Bonchev–Trinajstić information content (AvgIpc) is 3.42. The van der Waals surface area contributed by atoms with Crippen LogP contribution >= 0.6 is 27.3 Å². The summed E-state index contributed by atoms with van der Waals surface area (Å²) in [6.45, 7) is 6.10. The lowest BCUT2D eigenvalue weighted by atomic mass is 9.99. The molecule has 1 aromatic heterocycles. The van der Waals surface area contributed by atoms with Crippen LogP contribution < -0.4 is 11.1 Å². The van der Waals surface area contributed by atoms with Gasteiger partial charge in [0.1, 0.15) is 0 Å². The highest BCUT2D eigenvalue weighted by Crippen LogP contribution is 2.38. The van der Waals surface area contributed by atoms with Gasteiger partial charge < -0.3 is 35.4 Å². The number of nitrogen functional groups attached to an aromatic ring is 1. The number of hydrogen-bond acceptors (Lipinski definition) is 8. The van der Waals surface area contributed by atoms with Crippen molar-refractivity contribution in [3.05, 3.63) is 44.1 Å². The molecule has 6 rings (SSSR count). The summed E-state index contributed by atoms with van der Waals surface area (Å²) in [7, 11) is 2.12. The minimum absolute atomic E-state index is 0.0530. The number of piperidine rings is 2. The van der Waals surface area contributed by atoms with Crippen molar-refractivity contribution in [3.63, 3.8) is 0 Å². The zero-order valence-corrected chi connectivity index (χ0v) is 29.9. The fraction of sp³-hybridized carbons (Fsp3) is 0.606. The van der Waals surface area contributed by atoms with Gasteiger partial charge in [0.05, 0.1) is 23.5 Å². The van der Waals surface area contributed by atoms with E-state index in [1.54, 1.807) is 21.1 Å². The van der Waals surface area contributed by atoms with E-state index >= 15 is 0 Å². The molecule has 3 saturated heterocycles. The second-order valence-electron chi connectivity index (χ2n) is 13.4. The molecule has 3 N–H and O–H groups in total. The number of halogens is 4. The van der Waals surface area contributed by atoms with Gasteiger partial charge in [-0.05, 0) is 97.3 Å². The van der Waals surface area contributed by atoms with Crippen LogP contribution in [-0.4, -0.2) is 120 Å². The van der Waals surface area contributed by atoms with E-state index in [4.69, 9.17) is 10.5 Å². The molecule has 5 heterocycles. The third-order valence-electron chi connectivity index (χ3n) is 10.2. The molecule has 16 heteroatoms. The number of rotatable bonds is 6. The van der Waals surface area contributed by atoms with E-state index in [1.165, 1.54) is 11.0 Å². The van der Waals surface area contributed by atoms with Crippen LogP contribution in [0.5, 0.6) is 0 Å². The van der Waals surface area contributed by atoms with Gasteiger partial charge in [-0.15, -0.1) is 11.3 Å². The molecule has 0 spiro atoms. The standard InChI is InChI=1S/C33H43BrF3N7O4S/c1-40-8-2-9-41(15-14-40)22-3-10-42(11-4-22)30(45)27(19-21-17-24(33(35,36)37)29(38)25(34)18-21)48-32(47)43-12-5-23(6-13-43)44-20-28-26(7-16-49-28)39-31(44)46/h7,16-18,22-23,27H,2-6,8-15,19-20,38H2,1H3,(H,39,46)/t27-/m1/s1. The van der Waals surface area contributed by atoms with Crippen molar-refractivity contribution >= 4 is 56.7 Å². The van der Waals surface area contributed by atoms with Gasteiger partial charge in [-0.2, -0.15) is 13.2 Å². The van der Waals surface area contributed by atoms with Crippen LogP contribution in [0.2, 0.25) is 0 Å². The Balaban J connectivity index is 1.13. The summed E-state index contributed by atoms with van der Waals surface area (Å²) in [5.41, 5.74) is 5.28. The van der Waals surface area contributed by atoms with Crippen molar-refractivity contribution in [2.24, 2.45) is 0 Å². The first kappa shape index (κ1) is 35.7. The van der Waals surface area contributed by atoms with Crippen molar-refractivity contribution in [1.82, 2.24) is 24.5 Å². The molecule has 1 aromatic carbocycles. The maximum Gasteiger partial charge on any atom is 0.418 e. The number of fused-ring (bicyclic) bond motifs is 1. The molecule has 1 atom stereocenters. The van der Waals surface area contributed by atoms with Crippen molar-refractivity contribution in [3.8, 4) is 0 Å². The number of hydrogen-bond donors (Lipinski definition) is 2. The quantitative estimate of drug-likeness (QED) is 0.384. The molecule has 11 nitrogen and oxygen atoms in total. The maximum atomic E-state index is 14.0. The normalized spacial score (nSPS) is 21.2. The molecule has 49 heavy (non-hydrogen) atoms. The van der Waals surface area contributed by atoms with Gasteiger partial charge >= 0.3 is 18.3 Å². The molecule has 0 radical (unpaired) electrons. The third-order valence-corrected chi connectivity index (χ3v) is 11.8. The van der Waals surface area contributed by atoms with E-state index < -0.39 is 35.5 Å². The van der Waals surface area contributed by atoms with Gasteiger partial charge in [0, 0.05) is 67.1 Å². The molecule has 0 saturated carbocycles. The van der Waals surface area contributed by atoms with Crippen LogP contribution in [0.1, 0.15) is 48.1 Å². The molecular formula is C33H43BrF3N7O4S. The molecule has 2 aromatic rings.